The quantitative estimate of drug-likeness (QED) is 0.345. The van der Waals surface area contributed by atoms with Crippen LogP contribution in [0.4, 0.5) is 0 Å². The van der Waals surface area contributed by atoms with E-state index in [1.807, 2.05) is 0 Å². The number of aryl methyl sites for hydroxylation is 1. The van der Waals surface area contributed by atoms with E-state index >= 15 is 0 Å². The minimum absolute atomic E-state index is 0. The number of rotatable bonds is 1. The van der Waals surface area contributed by atoms with Gasteiger partial charge < -0.3 is 14.0 Å². The average molecular weight is 507 g/mol. The third kappa shape index (κ3) is 4.76. The first-order chi connectivity index (χ1) is 14.2. The number of benzene rings is 2. The third-order valence-corrected chi connectivity index (χ3v) is 6.41. The molecule has 1 heterocycles. The molecule has 32 heavy (non-hydrogen) atoms. The second-order valence-corrected chi connectivity index (χ2v) is 8.22. The minimum Gasteiger partial charge on any atom is -1.00 e. The summed E-state index contributed by atoms with van der Waals surface area (Å²) >= 11 is 0. The Morgan fingerprint density at radius 1 is 0.906 bits per heavy atom. The smallest absolute Gasteiger partial charge is 1.00 e. The van der Waals surface area contributed by atoms with Gasteiger partial charge in [-0.15, -0.1) is 54.4 Å². The minimum atomic E-state index is 0. The van der Waals surface area contributed by atoms with E-state index in [2.05, 4.69) is 91.2 Å². The van der Waals surface area contributed by atoms with Gasteiger partial charge in [0, 0.05) is 11.1 Å². The summed E-state index contributed by atoms with van der Waals surface area (Å²) in [7, 11) is 0. The molecule has 4 heteroatoms. The van der Waals surface area contributed by atoms with Gasteiger partial charge in [0.15, 0.2) is 0 Å². The fourth-order valence-corrected chi connectivity index (χ4v) is 4.70. The van der Waals surface area contributed by atoms with Gasteiger partial charge in [-0.2, -0.15) is 6.08 Å². The molecule has 0 atom stereocenters. The van der Waals surface area contributed by atoms with Gasteiger partial charge in [-0.3, -0.25) is 6.08 Å². The molecule has 0 bridgehead atoms. The molecule has 1 nitrogen and oxygen atoms in total. The first kappa shape index (κ1) is 26.1. The maximum absolute atomic E-state index is 3.19. The van der Waals surface area contributed by atoms with Crippen LogP contribution in [0.3, 0.4) is 0 Å². The van der Waals surface area contributed by atoms with E-state index in [9.17, 15) is 0 Å². The van der Waals surface area contributed by atoms with E-state index in [0.29, 0.717) is 0 Å². The van der Waals surface area contributed by atoms with Crippen LogP contribution in [0, 0.1) is 6.08 Å². The molecular weight excluding hydrogens is 480 g/mol. The van der Waals surface area contributed by atoms with Crippen molar-refractivity contribution in [3.63, 3.8) is 0 Å². The Hall–Kier alpha value is -2.19. The molecule has 0 N–H and O–H groups in total. The van der Waals surface area contributed by atoms with E-state index in [4.69, 9.17) is 0 Å². The fraction of sp³-hybridized carbons (Fsp3) is 0.250. The summed E-state index contributed by atoms with van der Waals surface area (Å²) in [4.78, 5) is 0. The van der Waals surface area contributed by atoms with Gasteiger partial charge in [-0.05, 0) is 43.0 Å². The largest absolute Gasteiger partial charge is 4.00 e. The van der Waals surface area contributed by atoms with Gasteiger partial charge in [0.05, 0.1) is 5.52 Å². The van der Waals surface area contributed by atoms with Crippen molar-refractivity contribution in [1.82, 2.24) is 4.57 Å². The first-order valence-electron chi connectivity index (χ1n) is 10.7. The summed E-state index contributed by atoms with van der Waals surface area (Å²) in [5, 5.41) is 4.11. The Labute approximate surface area is 208 Å². The number of hydrogen-bond donors (Lipinski definition) is 0. The number of allylic oxidation sites excluding steroid dienone is 4. The summed E-state index contributed by atoms with van der Waals surface area (Å²) in [6.07, 6.45) is 11.5. The predicted octanol–water partition coefficient (Wildman–Crippen LogP) is 1.47. The summed E-state index contributed by atoms with van der Waals surface area (Å²) in [5.41, 5.74) is 8.50. The van der Waals surface area contributed by atoms with Crippen LogP contribution in [0.15, 0.2) is 77.9 Å². The normalized spacial score (nSPS) is 14.2. The van der Waals surface area contributed by atoms with Gasteiger partial charge in [0.2, 0.25) is 0 Å². The maximum Gasteiger partial charge on any atom is 4.00 e. The van der Waals surface area contributed by atoms with Crippen LogP contribution in [0.5, 0.6) is 0 Å². The number of hydrogen-bond acceptors (Lipinski definition) is 0. The third-order valence-electron chi connectivity index (χ3n) is 6.41. The number of nitrogens with zero attached hydrogens (tertiary/aromatic N) is 1. The zero-order valence-corrected chi connectivity index (χ0v) is 21.0. The van der Waals surface area contributed by atoms with Crippen molar-refractivity contribution < 1.29 is 35.6 Å². The standard InChI is InChI=1S/C21H18N.C7H9.2FH.Zr/c1-2-8-16-14-17(13-15(16)7-1)22-20-11-5-3-9-18(20)19-10-4-6-12-21(19)22;1-6-4-3-5-7(6)2;;;/h1-3,5,7-9,11,13-14H,4,6,10,12H2;4H,3H2,1-2H3;2*1H;/q2*-1;;;+4/p-2. The molecule has 0 saturated heterocycles. The van der Waals surface area contributed by atoms with Crippen molar-refractivity contribution in [2.45, 2.75) is 46.0 Å². The van der Waals surface area contributed by atoms with Crippen LogP contribution in [0.25, 0.3) is 27.4 Å². The summed E-state index contributed by atoms with van der Waals surface area (Å²) in [6.45, 7) is 4.22. The van der Waals surface area contributed by atoms with Crippen LogP contribution in [-0.2, 0) is 39.0 Å². The van der Waals surface area contributed by atoms with Gasteiger partial charge >= 0.3 is 26.2 Å². The molecule has 0 fully saturated rings. The number of aromatic nitrogens is 1. The van der Waals surface area contributed by atoms with Crippen molar-refractivity contribution in [2.75, 3.05) is 0 Å². The Bertz CT molecular complexity index is 1210. The van der Waals surface area contributed by atoms with Crippen LogP contribution in [0.2, 0.25) is 0 Å². The van der Waals surface area contributed by atoms with E-state index in [0.717, 1.165) is 6.42 Å². The fourth-order valence-electron chi connectivity index (χ4n) is 4.70. The molecule has 0 spiro atoms. The zero-order valence-electron chi connectivity index (χ0n) is 18.6. The van der Waals surface area contributed by atoms with Gasteiger partial charge in [0.25, 0.3) is 0 Å². The van der Waals surface area contributed by atoms with Crippen LogP contribution < -0.4 is 9.41 Å². The molecule has 0 amide bonds. The Morgan fingerprint density at radius 3 is 2.31 bits per heavy atom. The molecule has 2 aliphatic rings. The number of fused-ring (bicyclic) bond motifs is 4. The average Bonchev–Trinajstić information content (AvgIpc) is 3.43. The molecule has 2 aliphatic carbocycles. The van der Waals surface area contributed by atoms with Crippen molar-refractivity contribution in [1.29, 1.82) is 0 Å². The molecule has 4 aromatic rings. The monoisotopic (exact) mass is 505 g/mol. The Balaban J connectivity index is 0.000000317. The molecule has 0 saturated carbocycles. The van der Waals surface area contributed by atoms with Crippen LogP contribution >= 0.6 is 0 Å². The summed E-state index contributed by atoms with van der Waals surface area (Å²) < 4.78 is 2.50. The second-order valence-electron chi connectivity index (χ2n) is 8.22. The predicted molar refractivity (Wildman–Crippen MR) is 124 cm³/mol. The molecule has 0 unspecified atom stereocenters. The molecule has 6 rings (SSSR count). The summed E-state index contributed by atoms with van der Waals surface area (Å²) in [5.74, 6) is 0. The molecule has 162 valence electrons. The molecular formula is C28H27F2NZr. The van der Waals surface area contributed by atoms with Crippen molar-refractivity contribution in [3.8, 4) is 5.69 Å². The number of para-hydroxylation sites is 1. The van der Waals surface area contributed by atoms with E-state index in [-0.39, 0.29) is 35.6 Å². The van der Waals surface area contributed by atoms with E-state index < -0.39 is 0 Å². The molecule has 3 aromatic carbocycles. The Morgan fingerprint density at radius 2 is 1.62 bits per heavy atom. The first-order valence-corrected chi connectivity index (χ1v) is 10.7. The molecule has 0 aliphatic heterocycles. The van der Waals surface area contributed by atoms with Crippen LogP contribution in [0.1, 0.15) is 44.4 Å². The topological polar surface area (TPSA) is 4.93 Å². The molecule has 1 aromatic heterocycles. The Kier molecular flexibility index (Phi) is 9.04. The van der Waals surface area contributed by atoms with Crippen molar-refractivity contribution in [3.05, 3.63) is 95.2 Å². The summed E-state index contributed by atoms with van der Waals surface area (Å²) in [6, 6.07) is 22.2. The second kappa shape index (κ2) is 11.1. The maximum atomic E-state index is 3.19. The van der Waals surface area contributed by atoms with E-state index in [1.54, 1.807) is 5.56 Å². The van der Waals surface area contributed by atoms with Crippen molar-refractivity contribution in [2.24, 2.45) is 0 Å². The SMILES string of the molecule is CC1=[C-]CC=C1C.[F-].[F-].[Zr+4].c1ccc2[cH-]c(-n3c4c(c5ccccc53)CCCC4)cc2c1. The van der Waals surface area contributed by atoms with Crippen LogP contribution in [-0.4, -0.2) is 4.57 Å². The molecule has 0 radical (unpaired) electrons. The zero-order chi connectivity index (χ0) is 19.8. The van der Waals surface area contributed by atoms with E-state index in [1.165, 1.54) is 69.9 Å². The van der Waals surface area contributed by atoms with Gasteiger partial charge in [-0.25, -0.2) is 11.1 Å². The van der Waals surface area contributed by atoms with Crippen molar-refractivity contribution >= 4 is 21.7 Å². The number of halogens is 2. The van der Waals surface area contributed by atoms with Gasteiger partial charge in [0.1, 0.15) is 0 Å². The van der Waals surface area contributed by atoms with Gasteiger partial charge in [-0.1, -0.05) is 31.2 Å².